The molecular weight excluding hydrogens is 348 g/mol. The van der Waals surface area contributed by atoms with E-state index in [-0.39, 0.29) is 11.9 Å². The van der Waals surface area contributed by atoms with Gasteiger partial charge < -0.3 is 9.84 Å². The van der Waals surface area contributed by atoms with Crippen molar-refractivity contribution in [1.29, 1.82) is 0 Å². The molecule has 0 fully saturated rings. The largest absolute Gasteiger partial charge is 0.349 e. The monoisotopic (exact) mass is 366 g/mol. The molecule has 0 aliphatic carbocycles. The smallest absolute Gasteiger partial charge is 0.227 e. The van der Waals surface area contributed by atoms with E-state index >= 15 is 0 Å². The number of fused-ring (bicyclic) bond motifs is 1. The van der Waals surface area contributed by atoms with E-state index in [0.29, 0.717) is 24.6 Å². The van der Waals surface area contributed by atoms with Crippen molar-refractivity contribution in [2.75, 3.05) is 5.75 Å². The molecule has 0 saturated carbocycles. The number of pyridine rings is 1. The van der Waals surface area contributed by atoms with E-state index in [1.807, 2.05) is 36.0 Å². The molecule has 7 heteroatoms. The van der Waals surface area contributed by atoms with Gasteiger partial charge in [0.25, 0.3) is 0 Å². The molecule has 3 aromatic rings. The molecule has 1 atom stereocenters. The minimum absolute atomic E-state index is 0.000337. The maximum Gasteiger partial charge on any atom is 0.227 e. The Bertz CT molecular complexity index is 897. The summed E-state index contributed by atoms with van der Waals surface area (Å²) in [5, 5.41) is 7.09. The Morgan fingerprint density at radius 3 is 2.96 bits per heavy atom. The van der Waals surface area contributed by atoms with Crippen LogP contribution in [0.25, 0.3) is 11.4 Å². The van der Waals surface area contributed by atoms with Gasteiger partial charge in [-0.2, -0.15) is 4.98 Å². The molecule has 0 saturated heterocycles. The second-order valence-corrected chi connectivity index (χ2v) is 7.18. The summed E-state index contributed by atoms with van der Waals surface area (Å²) in [7, 11) is 0. The number of aryl methyl sites for hydroxylation is 1. The van der Waals surface area contributed by atoms with Crippen molar-refractivity contribution in [2.45, 2.75) is 30.2 Å². The van der Waals surface area contributed by atoms with Gasteiger partial charge in [-0.25, -0.2) is 0 Å². The van der Waals surface area contributed by atoms with Gasteiger partial charge in [0.2, 0.25) is 17.6 Å². The van der Waals surface area contributed by atoms with E-state index in [1.165, 1.54) is 10.5 Å². The average molecular weight is 366 g/mol. The topological polar surface area (TPSA) is 80.9 Å². The number of nitrogens with one attached hydrogen (secondary N) is 1. The van der Waals surface area contributed by atoms with Gasteiger partial charge in [0.1, 0.15) is 0 Å². The lowest BCUT2D eigenvalue weighted by Crippen LogP contribution is -2.30. The summed E-state index contributed by atoms with van der Waals surface area (Å²) in [6.45, 7) is 0. The SMILES string of the molecule is O=C(CCc1nc(-c2ccncc2)no1)NC1CCSc2ccccc21. The highest BCUT2D eigenvalue weighted by molar-refractivity contribution is 7.99. The maximum atomic E-state index is 12.4. The first-order valence-corrected chi connectivity index (χ1v) is 9.52. The number of rotatable bonds is 5. The Balaban J connectivity index is 1.35. The first-order chi connectivity index (χ1) is 12.8. The first-order valence-electron chi connectivity index (χ1n) is 8.53. The van der Waals surface area contributed by atoms with Gasteiger partial charge in [-0.3, -0.25) is 9.78 Å². The first kappa shape index (κ1) is 16.8. The third-order valence-electron chi connectivity index (χ3n) is 4.27. The lowest BCUT2D eigenvalue weighted by Gasteiger charge is -2.25. The number of thioether (sulfide) groups is 1. The molecular formula is C19H18N4O2S. The molecule has 0 bridgehead atoms. The summed E-state index contributed by atoms with van der Waals surface area (Å²) >= 11 is 1.84. The van der Waals surface area contributed by atoms with Gasteiger partial charge in [-0.15, -0.1) is 11.8 Å². The number of aromatic nitrogens is 3. The molecule has 6 nitrogen and oxygen atoms in total. The highest BCUT2D eigenvalue weighted by Crippen LogP contribution is 2.35. The van der Waals surface area contributed by atoms with Crippen LogP contribution in [0.4, 0.5) is 0 Å². The van der Waals surface area contributed by atoms with Crippen LogP contribution in [0, 0.1) is 0 Å². The van der Waals surface area contributed by atoms with Crippen molar-refractivity contribution in [1.82, 2.24) is 20.4 Å². The Morgan fingerprint density at radius 1 is 1.23 bits per heavy atom. The van der Waals surface area contributed by atoms with Gasteiger partial charge in [0, 0.05) is 41.4 Å². The molecule has 1 aromatic carbocycles. The fourth-order valence-electron chi connectivity index (χ4n) is 2.95. The van der Waals surface area contributed by atoms with Crippen molar-refractivity contribution in [2.24, 2.45) is 0 Å². The van der Waals surface area contributed by atoms with Crippen LogP contribution in [-0.4, -0.2) is 26.8 Å². The summed E-state index contributed by atoms with van der Waals surface area (Å²) in [6, 6.07) is 12.0. The van der Waals surface area contributed by atoms with Crippen LogP contribution in [-0.2, 0) is 11.2 Å². The van der Waals surface area contributed by atoms with Gasteiger partial charge in [-0.1, -0.05) is 23.4 Å². The summed E-state index contributed by atoms with van der Waals surface area (Å²) in [5.74, 6) is 1.99. The summed E-state index contributed by atoms with van der Waals surface area (Å²) in [6.07, 6.45) is 5.05. The predicted molar refractivity (Wildman–Crippen MR) is 98.5 cm³/mol. The fourth-order valence-corrected chi connectivity index (χ4v) is 4.08. The maximum absolute atomic E-state index is 12.4. The Kier molecular flexibility index (Phi) is 4.97. The number of hydrogen-bond donors (Lipinski definition) is 1. The third kappa shape index (κ3) is 3.77. The van der Waals surface area contributed by atoms with E-state index in [2.05, 4.69) is 32.6 Å². The summed E-state index contributed by atoms with van der Waals surface area (Å²) < 4.78 is 5.25. The number of amides is 1. The third-order valence-corrected chi connectivity index (χ3v) is 5.39. The van der Waals surface area contributed by atoms with E-state index in [0.717, 1.165) is 17.7 Å². The minimum atomic E-state index is 0.000337. The number of nitrogens with zero attached hydrogens (tertiary/aromatic N) is 3. The quantitative estimate of drug-likeness (QED) is 0.745. The number of benzene rings is 1. The molecule has 132 valence electrons. The van der Waals surface area contributed by atoms with Crippen LogP contribution >= 0.6 is 11.8 Å². The van der Waals surface area contributed by atoms with E-state index in [1.54, 1.807) is 12.4 Å². The predicted octanol–water partition coefficient (Wildman–Crippen LogP) is 3.42. The van der Waals surface area contributed by atoms with E-state index < -0.39 is 0 Å². The molecule has 1 N–H and O–H groups in total. The van der Waals surface area contributed by atoms with Gasteiger partial charge >= 0.3 is 0 Å². The van der Waals surface area contributed by atoms with Gasteiger partial charge in [0.05, 0.1) is 6.04 Å². The highest BCUT2D eigenvalue weighted by Gasteiger charge is 2.22. The summed E-state index contributed by atoms with van der Waals surface area (Å²) in [5.41, 5.74) is 2.05. The zero-order valence-corrected chi connectivity index (χ0v) is 14.9. The highest BCUT2D eigenvalue weighted by atomic mass is 32.2. The van der Waals surface area contributed by atoms with Gasteiger partial charge in [0.15, 0.2) is 0 Å². The molecule has 1 amide bonds. The number of carbonyl (C=O) groups excluding carboxylic acids is 1. The molecule has 2 aromatic heterocycles. The Morgan fingerprint density at radius 2 is 2.08 bits per heavy atom. The molecule has 1 unspecified atom stereocenters. The second kappa shape index (κ2) is 7.70. The molecule has 1 aliphatic heterocycles. The number of hydrogen-bond acceptors (Lipinski definition) is 6. The van der Waals surface area contributed by atoms with Crippen LogP contribution in [0.2, 0.25) is 0 Å². The zero-order chi connectivity index (χ0) is 17.8. The van der Waals surface area contributed by atoms with E-state index in [9.17, 15) is 4.79 Å². The molecule has 1 aliphatic rings. The Hall–Kier alpha value is -2.67. The van der Waals surface area contributed by atoms with Crippen molar-refractivity contribution >= 4 is 17.7 Å². The molecule has 3 heterocycles. The number of carbonyl (C=O) groups is 1. The normalized spacial score (nSPS) is 16.1. The molecule has 26 heavy (non-hydrogen) atoms. The van der Waals surface area contributed by atoms with Crippen LogP contribution < -0.4 is 5.32 Å². The second-order valence-electron chi connectivity index (χ2n) is 6.04. The fraction of sp³-hybridized carbons (Fsp3) is 0.263. The minimum Gasteiger partial charge on any atom is -0.349 e. The Labute approximate surface area is 155 Å². The average Bonchev–Trinajstić information content (AvgIpc) is 3.17. The van der Waals surface area contributed by atoms with Crippen LogP contribution in [0.1, 0.15) is 30.3 Å². The standard InChI is InChI=1S/C19H18N4O2S/c24-17(21-15-9-12-26-16-4-2-1-3-14(15)16)5-6-18-22-19(23-25-18)13-7-10-20-11-8-13/h1-4,7-8,10-11,15H,5-6,9,12H2,(H,21,24). The van der Waals surface area contributed by atoms with Crippen molar-refractivity contribution < 1.29 is 9.32 Å². The zero-order valence-electron chi connectivity index (χ0n) is 14.1. The van der Waals surface area contributed by atoms with Crippen LogP contribution in [0.15, 0.2) is 58.2 Å². The van der Waals surface area contributed by atoms with Crippen LogP contribution in [0.3, 0.4) is 0 Å². The summed E-state index contributed by atoms with van der Waals surface area (Å²) in [4.78, 5) is 21.9. The van der Waals surface area contributed by atoms with Crippen LogP contribution in [0.5, 0.6) is 0 Å². The molecule has 4 rings (SSSR count). The van der Waals surface area contributed by atoms with Crippen molar-refractivity contribution in [3.05, 3.63) is 60.2 Å². The van der Waals surface area contributed by atoms with E-state index in [4.69, 9.17) is 4.52 Å². The molecule has 0 radical (unpaired) electrons. The lowest BCUT2D eigenvalue weighted by molar-refractivity contribution is -0.121. The van der Waals surface area contributed by atoms with Crippen molar-refractivity contribution in [3.63, 3.8) is 0 Å². The van der Waals surface area contributed by atoms with Gasteiger partial charge in [-0.05, 0) is 30.2 Å². The molecule has 0 spiro atoms. The van der Waals surface area contributed by atoms with Crippen molar-refractivity contribution in [3.8, 4) is 11.4 Å². The lowest BCUT2D eigenvalue weighted by atomic mass is 10.0.